The standard InChI is InChI=1S/C17H12Cl2F3NO/c1-24-13-4-5-15-11(6-13)7-16(17(20,21)22)23(15)9-10-2-3-12(18)8-14(10)19/h2-8H,9H2,1H3. The van der Waals surface area contributed by atoms with E-state index < -0.39 is 11.9 Å². The number of ether oxygens (including phenoxy) is 1. The molecule has 1 aromatic heterocycles. The van der Waals surface area contributed by atoms with Crippen molar-refractivity contribution < 1.29 is 17.9 Å². The molecule has 0 radical (unpaired) electrons. The Kier molecular flexibility index (Phi) is 4.40. The van der Waals surface area contributed by atoms with Crippen LogP contribution in [0.25, 0.3) is 10.9 Å². The van der Waals surface area contributed by atoms with E-state index in [2.05, 4.69) is 0 Å². The van der Waals surface area contributed by atoms with Gasteiger partial charge in [-0.05, 0) is 42.0 Å². The summed E-state index contributed by atoms with van der Waals surface area (Å²) in [7, 11) is 1.47. The Bertz CT molecular complexity index is 903. The highest BCUT2D eigenvalue weighted by atomic mass is 35.5. The SMILES string of the molecule is COc1ccc2c(c1)cc(C(F)(F)F)n2Cc1ccc(Cl)cc1Cl. The van der Waals surface area contributed by atoms with E-state index in [9.17, 15) is 13.2 Å². The first-order valence-corrected chi connectivity index (χ1v) is 7.73. The summed E-state index contributed by atoms with van der Waals surface area (Å²) >= 11 is 12.0. The van der Waals surface area contributed by atoms with E-state index in [0.29, 0.717) is 32.3 Å². The van der Waals surface area contributed by atoms with Crippen molar-refractivity contribution in [3.63, 3.8) is 0 Å². The molecule has 0 bridgehead atoms. The third-order valence-electron chi connectivity index (χ3n) is 3.74. The van der Waals surface area contributed by atoms with Gasteiger partial charge in [0, 0.05) is 27.5 Å². The number of hydrogen-bond acceptors (Lipinski definition) is 1. The summed E-state index contributed by atoms with van der Waals surface area (Å²) in [5.74, 6) is 0.498. The van der Waals surface area contributed by atoms with Crippen LogP contribution in [0.5, 0.6) is 5.75 Å². The van der Waals surface area contributed by atoms with Gasteiger partial charge in [0.1, 0.15) is 11.4 Å². The molecule has 0 saturated carbocycles. The van der Waals surface area contributed by atoms with Gasteiger partial charge < -0.3 is 9.30 Å². The number of nitrogens with zero attached hydrogens (tertiary/aromatic N) is 1. The number of alkyl halides is 3. The van der Waals surface area contributed by atoms with E-state index in [0.717, 1.165) is 6.07 Å². The van der Waals surface area contributed by atoms with Gasteiger partial charge in [0.15, 0.2) is 0 Å². The average molecular weight is 374 g/mol. The summed E-state index contributed by atoms with van der Waals surface area (Å²) in [5.41, 5.74) is 0.269. The molecule has 0 aliphatic rings. The summed E-state index contributed by atoms with van der Waals surface area (Å²) in [4.78, 5) is 0. The van der Waals surface area contributed by atoms with Gasteiger partial charge in [0.25, 0.3) is 0 Å². The predicted molar refractivity (Wildman–Crippen MR) is 89.1 cm³/mol. The second-order valence-corrected chi connectivity index (χ2v) is 6.12. The fraction of sp³-hybridized carbons (Fsp3) is 0.176. The van der Waals surface area contributed by atoms with Crippen molar-refractivity contribution in [2.24, 2.45) is 0 Å². The number of hydrogen-bond donors (Lipinski definition) is 0. The number of halogens is 5. The minimum atomic E-state index is -4.48. The monoisotopic (exact) mass is 373 g/mol. The van der Waals surface area contributed by atoms with Crippen molar-refractivity contribution in [2.45, 2.75) is 12.7 Å². The Hall–Kier alpha value is -1.85. The second-order valence-electron chi connectivity index (χ2n) is 5.27. The molecule has 2 aromatic carbocycles. The Labute approximate surface area is 146 Å². The predicted octanol–water partition coefficient (Wildman–Crippen LogP) is 6.02. The molecule has 7 heteroatoms. The Morgan fingerprint density at radius 1 is 1.04 bits per heavy atom. The molecule has 1 heterocycles. The van der Waals surface area contributed by atoms with Crippen LogP contribution in [0.15, 0.2) is 42.5 Å². The van der Waals surface area contributed by atoms with Crippen LogP contribution in [-0.4, -0.2) is 11.7 Å². The summed E-state index contributed by atoms with van der Waals surface area (Å²) in [6, 6.07) is 10.7. The smallest absolute Gasteiger partial charge is 0.431 e. The molecular weight excluding hydrogens is 362 g/mol. The summed E-state index contributed by atoms with van der Waals surface area (Å²) in [6.45, 7) is -0.0132. The highest BCUT2D eigenvalue weighted by molar-refractivity contribution is 6.35. The first-order valence-electron chi connectivity index (χ1n) is 6.98. The van der Waals surface area contributed by atoms with Crippen molar-refractivity contribution in [1.82, 2.24) is 4.57 Å². The fourth-order valence-corrected chi connectivity index (χ4v) is 3.07. The molecule has 126 valence electrons. The Balaban J connectivity index is 2.17. The van der Waals surface area contributed by atoms with Gasteiger partial charge in [-0.3, -0.25) is 0 Å². The molecule has 0 unspecified atom stereocenters. The van der Waals surface area contributed by atoms with E-state index in [4.69, 9.17) is 27.9 Å². The zero-order valence-corrected chi connectivity index (χ0v) is 14.0. The van der Waals surface area contributed by atoms with Crippen molar-refractivity contribution in [3.8, 4) is 5.75 Å². The molecule has 24 heavy (non-hydrogen) atoms. The molecule has 0 aliphatic carbocycles. The number of rotatable bonds is 3. The van der Waals surface area contributed by atoms with Gasteiger partial charge >= 0.3 is 6.18 Å². The van der Waals surface area contributed by atoms with E-state index in [1.54, 1.807) is 30.3 Å². The first kappa shape index (κ1) is 17.0. The van der Waals surface area contributed by atoms with Crippen LogP contribution in [0.3, 0.4) is 0 Å². The molecule has 0 N–H and O–H groups in total. The maximum atomic E-state index is 13.4. The number of aromatic nitrogens is 1. The molecule has 0 amide bonds. The second kappa shape index (κ2) is 6.22. The number of benzene rings is 2. The fourth-order valence-electron chi connectivity index (χ4n) is 2.60. The van der Waals surface area contributed by atoms with Crippen molar-refractivity contribution in [1.29, 1.82) is 0 Å². The summed E-state index contributed by atoms with van der Waals surface area (Å²) < 4.78 is 46.6. The maximum absolute atomic E-state index is 13.4. The summed E-state index contributed by atoms with van der Waals surface area (Å²) in [5, 5.41) is 1.21. The third-order valence-corrected chi connectivity index (χ3v) is 4.33. The van der Waals surface area contributed by atoms with Crippen LogP contribution in [-0.2, 0) is 12.7 Å². The van der Waals surface area contributed by atoms with Crippen LogP contribution in [0, 0.1) is 0 Å². The minimum absolute atomic E-state index is 0.0132. The highest BCUT2D eigenvalue weighted by Crippen LogP contribution is 2.36. The van der Waals surface area contributed by atoms with Gasteiger partial charge in [0.2, 0.25) is 0 Å². The van der Waals surface area contributed by atoms with Crippen LogP contribution < -0.4 is 4.74 Å². The lowest BCUT2D eigenvalue weighted by molar-refractivity contribution is -0.143. The lowest BCUT2D eigenvalue weighted by Crippen LogP contribution is -2.14. The zero-order chi connectivity index (χ0) is 17.5. The van der Waals surface area contributed by atoms with Crippen molar-refractivity contribution in [3.05, 3.63) is 63.8 Å². The van der Waals surface area contributed by atoms with E-state index in [1.165, 1.54) is 17.7 Å². The third kappa shape index (κ3) is 3.19. The van der Waals surface area contributed by atoms with Gasteiger partial charge in [-0.1, -0.05) is 29.3 Å². The van der Waals surface area contributed by atoms with Crippen LogP contribution >= 0.6 is 23.2 Å². The summed E-state index contributed by atoms with van der Waals surface area (Å²) in [6.07, 6.45) is -4.48. The van der Waals surface area contributed by atoms with E-state index >= 15 is 0 Å². The van der Waals surface area contributed by atoms with Crippen LogP contribution in [0.4, 0.5) is 13.2 Å². The van der Waals surface area contributed by atoms with Gasteiger partial charge in [-0.15, -0.1) is 0 Å². The first-order chi connectivity index (χ1) is 11.3. The molecular formula is C17H12Cl2F3NO. The van der Waals surface area contributed by atoms with Crippen molar-refractivity contribution >= 4 is 34.1 Å². The molecule has 0 fully saturated rings. The Morgan fingerprint density at radius 3 is 2.42 bits per heavy atom. The molecule has 0 aliphatic heterocycles. The zero-order valence-electron chi connectivity index (χ0n) is 12.5. The van der Waals surface area contributed by atoms with Gasteiger partial charge in [0.05, 0.1) is 7.11 Å². The van der Waals surface area contributed by atoms with Gasteiger partial charge in [-0.2, -0.15) is 13.2 Å². The lowest BCUT2D eigenvalue weighted by atomic mass is 10.2. The number of methoxy groups -OCH3 is 1. The Morgan fingerprint density at radius 2 is 1.79 bits per heavy atom. The normalized spacial score (nSPS) is 11.9. The molecule has 3 aromatic rings. The van der Waals surface area contributed by atoms with Crippen LogP contribution in [0.1, 0.15) is 11.3 Å². The lowest BCUT2D eigenvalue weighted by Gasteiger charge is -2.14. The molecule has 0 saturated heterocycles. The quantitative estimate of drug-likeness (QED) is 0.547. The average Bonchev–Trinajstić information content (AvgIpc) is 2.88. The van der Waals surface area contributed by atoms with Crippen molar-refractivity contribution in [2.75, 3.05) is 7.11 Å². The van der Waals surface area contributed by atoms with E-state index in [-0.39, 0.29) is 6.54 Å². The maximum Gasteiger partial charge on any atom is 0.431 e. The molecule has 3 rings (SSSR count). The topological polar surface area (TPSA) is 14.2 Å². The number of fused-ring (bicyclic) bond motifs is 1. The highest BCUT2D eigenvalue weighted by Gasteiger charge is 2.35. The van der Waals surface area contributed by atoms with E-state index in [1.807, 2.05) is 0 Å². The molecule has 0 atom stereocenters. The van der Waals surface area contributed by atoms with Crippen LogP contribution in [0.2, 0.25) is 10.0 Å². The largest absolute Gasteiger partial charge is 0.497 e. The molecule has 0 spiro atoms. The minimum Gasteiger partial charge on any atom is -0.497 e. The molecule has 2 nitrogen and oxygen atoms in total. The van der Waals surface area contributed by atoms with Gasteiger partial charge in [-0.25, -0.2) is 0 Å².